The minimum absolute atomic E-state index is 0.136. The standard InChI is InChI=1S/C17H19ClN2O/c1-20(2)16(13-8-4-3-5-9-13)12-19-17(21)14-10-6-7-11-15(14)18/h3-11,16H,12H2,1-2H3,(H,19,21)/p+1/t16-/m0/s1. The number of quaternary nitrogens is 1. The minimum atomic E-state index is -0.136. The molecule has 1 atom stereocenters. The molecule has 2 aromatic rings. The molecule has 0 bridgehead atoms. The van der Waals surface area contributed by atoms with Crippen molar-refractivity contribution in [2.24, 2.45) is 0 Å². The van der Waals surface area contributed by atoms with Crippen molar-refractivity contribution in [1.29, 1.82) is 0 Å². The van der Waals surface area contributed by atoms with Crippen molar-refractivity contribution < 1.29 is 9.69 Å². The second kappa shape index (κ2) is 7.25. The highest BCUT2D eigenvalue weighted by Crippen LogP contribution is 2.15. The third-order valence-corrected chi connectivity index (χ3v) is 3.81. The maximum absolute atomic E-state index is 12.2. The number of rotatable bonds is 5. The van der Waals surface area contributed by atoms with Crippen molar-refractivity contribution in [3.8, 4) is 0 Å². The number of hydrogen-bond acceptors (Lipinski definition) is 1. The Morgan fingerprint density at radius 2 is 1.71 bits per heavy atom. The van der Waals surface area contributed by atoms with Crippen LogP contribution in [0.1, 0.15) is 22.0 Å². The highest BCUT2D eigenvalue weighted by Gasteiger charge is 2.19. The Hall–Kier alpha value is -1.84. The summed E-state index contributed by atoms with van der Waals surface area (Å²) in [6.07, 6.45) is 0. The lowest BCUT2D eigenvalue weighted by molar-refractivity contribution is -0.890. The molecular formula is C17H20ClN2O+. The Balaban J connectivity index is 2.06. The molecule has 2 rings (SSSR count). The van der Waals surface area contributed by atoms with Crippen LogP contribution in [0.4, 0.5) is 0 Å². The molecule has 0 fully saturated rings. The van der Waals surface area contributed by atoms with E-state index >= 15 is 0 Å². The average Bonchev–Trinajstić information content (AvgIpc) is 2.48. The first-order chi connectivity index (χ1) is 10.1. The lowest BCUT2D eigenvalue weighted by atomic mass is 10.1. The van der Waals surface area contributed by atoms with Crippen molar-refractivity contribution in [3.63, 3.8) is 0 Å². The SMILES string of the molecule is C[NH+](C)[C@@H](CNC(=O)c1ccccc1Cl)c1ccccc1. The van der Waals surface area contributed by atoms with Gasteiger partial charge in [-0.3, -0.25) is 4.79 Å². The quantitative estimate of drug-likeness (QED) is 0.870. The Bertz CT molecular complexity index is 599. The van der Waals surface area contributed by atoms with Gasteiger partial charge in [-0.25, -0.2) is 0 Å². The molecule has 0 aliphatic heterocycles. The second-order valence-electron chi connectivity index (χ2n) is 5.23. The van der Waals surface area contributed by atoms with Crippen molar-refractivity contribution in [2.75, 3.05) is 20.6 Å². The summed E-state index contributed by atoms with van der Waals surface area (Å²) in [6.45, 7) is 0.566. The molecule has 0 unspecified atom stereocenters. The summed E-state index contributed by atoms with van der Waals surface area (Å²) >= 11 is 6.05. The third kappa shape index (κ3) is 4.06. The third-order valence-electron chi connectivity index (χ3n) is 3.48. The molecule has 0 aromatic heterocycles. The van der Waals surface area contributed by atoms with Gasteiger partial charge in [-0.05, 0) is 12.1 Å². The smallest absolute Gasteiger partial charge is 0.253 e. The van der Waals surface area contributed by atoms with Crippen molar-refractivity contribution in [2.45, 2.75) is 6.04 Å². The summed E-state index contributed by atoms with van der Waals surface area (Å²) in [6, 6.07) is 17.5. The van der Waals surface area contributed by atoms with E-state index in [1.54, 1.807) is 12.1 Å². The monoisotopic (exact) mass is 303 g/mol. The van der Waals surface area contributed by atoms with Gasteiger partial charge < -0.3 is 10.2 Å². The van der Waals surface area contributed by atoms with Crippen molar-refractivity contribution >= 4 is 17.5 Å². The van der Waals surface area contributed by atoms with Crippen LogP contribution in [0, 0.1) is 0 Å². The van der Waals surface area contributed by atoms with E-state index in [9.17, 15) is 4.79 Å². The van der Waals surface area contributed by atoms with E-state index in [-0.39, 0.29) is 11.9 Å². The Morgan fingerprint density at radius 1 is 1.10 bits per heavy atom. The Morgan fingerprint density at radius 3 is 2.33 bits per heavy atom. The van der Waals surface area contributed by atoms with Crippen LogP contribution in [0.3, 0.4) is 0 Å². The molecule has 0 radical (unpaired) electrons. The van der Waals surface area contributed by atoms with Crippen LogP contribution in [-0.2, 0) is 0 Å². The fraction of sp³-hybridized carbons (Fsp3) is 0.235. The van der Waals surface area contributed by atoms with Gasteiger partial charge in [0.15, 0.2) is 0 Å². The fourth-order valence-corrected chi connectivity index (χ4v) is 2.50. The first-order valence-corrected chi connectivity index (χ1v) is 7.35. The van der Waals surface area contributed by atoms with Crippen LogP contribution in [-0.4, -0.2) is 26.5 Å². The van der Waals surface area contributed by atoms with Crippen LogP contribution in [0.5, 0.6) is 0 Å². The van der Waals surface area contributed by atoms with Gasteiger partial charge in [0.05, 0.1) is 31.2 Å². The first-order valence-electron chi connectivity index (χ1n) is 6.97. The molecule has 110 valence electrons. The van der Waals surface area contributed by atoms with Gasteiger partial charge in [0.1, 0.15) is 6.04 Å². The maximum atomic E-state index is 12.2. The molecule has 0 spiro atoms. The molecule has 4 heteroatoms. The maximum Gasteiger partial charge on any atom is 0.253 e. The van der Waals surface area contributed by atoms with E-state index in [0.717, 1.165) is 0 Å². The lowest BCUT2D eigenvalue weighted by Crippen LogP contribution is -3.07. The summed E-state index contributed by atoms with van der Waals surface area (Å²) in [5.41, 5.74) is 1.72. The fourth-order valence-electron chi connectivity index (χ4n) is 2.28. The topological polar surface area (TPSA) is 33.5 Å². The van der Waals surface area contributed by atoms with E-state index < -0.39 is 0 Å². The molecular weight excluding hydrogens is 284 g/mol. The number of carbonyl (C=O) groups is 1. The zero-order valence-corrected chi connectivity index (χ0v) is 13.0. The van der Waals surface area contributed by atoms with Crippen molar-refractivity contribution in [1.82, 2.24) is 5.32 Å². The van der Waals surface area contributed by atoms with Gasteiger partial charge in [0, 0.05) is 5.56 Å². The number of benzene rings is 2. The van der Waals surface area contributed by atoms with E-state index in [0.29, 0.717) is 17.1 Å². The van der Waals surface area contributed by atoms with Crippen LogP contribution in [0.2, 0.25) is 5.02 Å². The number of likely N-dealkylation sites (N-methyl/N-ethyl adjacent to an activating group) is 1. The predicted octanol–water partition coefficient (Wildman–Crippen LogP) is 1.96. The van der Waals surface area contributed by atoms with Gasteiger partial charge in [-0.15, -0.1) is 0 Å². The largest absolute Gasteiger partial charge is 0.346 e. The molecule has 3 nitrogen and oxygen atoms in total. The summed E-state index contributed by atoms with van der Waals surface area (Å²) in [5.74, 6) is -0.136. The molecule has 0 saturated heterocycles. The van der Waals surface area contributed by atoms with Gasteiger partial charge in [0.2, 0.25) is 0 Å². The molecule has 1 amide bonds. The number of amides is 1. The summed E-state index contributed by atoms with van der Waals surface area (Å²) in [4.78, 5) is 13.5. The van der Waals surface area contributed by atoms with Gasteiger partial charge in [-0.1, -0.05) is 54.1 Å². The highest BCUT2D eigenvalue weighted by atomic mass is 35.5. The molecule has 21 heavy (non-hydrogen) atoms. The van der Waals surface area contributed by atoms with Crippen LogP contribution < -0.4 is 10.2 Å². The van der Waals surface area contributed by atoms with E-state index in [4.69, 9.17) is 11.6 Å². The number of nitrogens with one attached hydrogen (secondary N) is 2. The van der Waals surface area contributed by atoms with Gasteiger partial charge in [-0.2, -0.15) is 0 Å². The summed E-state index contributed by atoms with van der Waals surface area (Å²) in [7, 11) is 4.17. The van der Waals surface area contributed by atoms with E-state index in [2.05, 4.69) is 31.5 Å². The number of halogens is 1. The molecule has 0 aliphatic rings. The second-order valence-corrected chi connectivity index (χ2v) is 5.64. The molecule has 0 saturated carbocycles. The van der Waals surface area contributed by atoms with Gasteiger partial charge >= 0.3 is 0 Å². The number of hydrogen-bond donors (Lipinski definition) is 2. The Labute approximate surface area is 130 Å². The summed E-state index contributed by atoms with van der Waals surface area (Å²) < 4.78 is 0. The molecule has 0 aliphatic carbocycles. The lowest BCUT2D eigenvalue weighted by Gasteiger charge is -2.22. The average molecular weight is 304 g/mol. The molecule has 0 heterocycles. The van der Waals surface area contributed by atoms with Gasteiger partial charge in [0.25, 0.3) is 5.91 Å². The normalized spacial score (nSPS) is 12.2. The van der Waals surface area contributed by atoms with Crippen molar-refractivity contribution in [3.05, 3.63) is 70.7 Å². The minimum Gasteiger partial charge on any atom is -0.346 e. The van der Waals surface area contributed by atoms with E-state index in [1.165, 1.54) is 10.5 Å². The predicted molar refractivity (Wildman–Crippen MR) is 85.8 cm³/mol. The zero-order chi connectivity index (χ0) is 15.2. The highest BCUT2D eigenvalue weighted by molar-refractivity contribution is 6.33. The Kier molecular flexibility index (Phi) is 5.37. The molecule has 2 aromatic carbocycles. The molecule has 2 N–H and O–H groups in total. The first kappa shape index (κ1) is 15.5. The van der Waals surface area contributed by atoms with Crippen LogP contribution in [0.25, 0.3) is 0 Å². The van der Waals surface area contributed by atoms with Crippen LogP contribution >= 0.6 is 11.6 Å². The summed E-state index contributed by atoms with van der Waals surface area (Å²) in [5, 5.41) is 3.45. The zero-order valence-electron chi connectivity index (χ0n) is 12.3. The van der Waals surface area contributed by atoms with Crippen LogP contribution in [0.15, 0.2) is 54.6 Å². The van der Waals surface area contributed by atoms with E-state index in [1.807, 2.05) is 30.3 Å². The number of carbonyl (C=O) groups excluding carboxylic acids is 1.